The number of esters is 2. The lowest BCUT2D eigenvalue weighted by Crippen LogP contribution is -2.54. The Morgan fingerprint density at radius 1 is 0.869 bits per heavy atom. The van der Waals surface area contributed by atoms with E-state index in [9.17, 15) is 48.9 Å². The van der Waals surface area contributed by atoms with E-state index in [0.29, 0.717) is 24.8 Å². The van der Waals surface area contributed by atoms with Crippen molar-refractivity contribution in [1.29, 1.82) is 5.41 Å². The topological polar surface area (TPSA) is 292 Å². The normalized spacial score (nSPS) is 16.4. The zero-order valence-electron chi connectivity index (χ0n) is 35.3. The van der Waals surface area contributed by atoms with Crippen molar-refractivity contribution < 1.29 is 63.1 Å². The Morgan fingerprint density at radius 3 is 2.16 bits per heavy atom. The van der Waals surface area contributed by atoms with E-state index in [1.54, 1.807) is 13.8 Å². The lowest BCUT2D eigenvalue weighted by atomic mass is 9.62. The Bertz CT molecular complexity index is 2130. The third kappa shape index (κ3) is 15.3. The second kappa shape index (κ2) is 20.9. The molecule has 0 heterocycles. The lowest BCUT2D eigenvalue weighted by molar-refractivity contribution is -0.139. The van der Waals surface area contributed by atoms with Gasteiger partial charge in [0.25, 0.3) is 5.91 Å². The van der Waals surface area contributed by atoms with E-state index in [0.717, 1.165) is 18.2 Å². The minimum absolute atomic E-state index is 0.0246. The highest BCUT2D eigenvalue weighted by molar-refractivity contribution is 6.06. The van der Waals surface area contributed by atoms with E-state index in [1.165, 1.54) is 26.0 Å². The zero-order valence-corrected chi connectivity index (χ0v) is 35.3. The van der Waals surface area contributed by atoms with E-state index in [4.69, 9.17) is 19.6 Å². The summed E-state index contributed by atoms with van der Waals surface area (Å²) < 4.78 is 15.7. The lowest BCUT2D eigenvalue weighted by Gasteiger charge is -2.46. The predicted octanol–water partition coefficient (Wildman–Crippen LogP) is 4.38. The van der Waals surface area contributed by atoms with Gasteiger partial charge in [-0.15, -0.1) is 0 Å². The monoisotopic (exact) mass is 850 g/mol. The van der Waals surface area contributed by atoms with E-state index in [1.807, 2.05) is 20.8 Å². The highest BCUT2D eigenvalue weighted by Crippen LogP contribution is 2.46. The van der Waals surface area contributed by atoms with Crippen molar-refractivity contribution in [3.8, 4) is 28.7 Å². The van der Waals surface area contributed by atoms with Crippen molar-refractivity contribution in [3.63, 3.8) is 0 Å². The first-order valence-electron chi connectivity index (χ1n) is 19.2. The average molecular weight is 851 g/mol. The number of aryl methyl sites for hydroxylation is 1. The number of ether oxygens (including phenoxy) is 3. The Labute approximate surface area is 352 Å². The van der Waals surface area contributed by atoms with Crippen LogP contribution in [0.4, 0.5) is 9.59 Å². The number of hydrogen-bond acceptors (Lipinski definition) is 14. The van der Waals surface area contributed by atoms with Gasteiger partial charge in [-0.2, -0.15) is 0 Å². The summed E-state index contributed by atoms with van der Waals surface area (Å²) in [5.74, 6) is -7.09. The van der Waals surface area contributed by atoms with Crippen LogP contribution in [-0.4, -0.2) is 88.7 Å². The molecular weight excluding hydrogens is 796 g/mol. The van der Waals surface area contributed by atoms with E-state index >= 15 is 0 Å². The molecule has 2 atom stereocenters. The smallest absolute Gasteiger partial charge is 0.412 e. The third-order valence-electron chi connectivity index (χ3n) is 9.23. The van der Waals surface area contributed by atoms with Crippen LogP contribution in [0.1, 0.15) is 100 Å². The maximum Gasteiger partial charge on any atom is 0.412 e. The van der Waals surface area contributed by atoms with Crippen LogP contribution >= 0.6 is 0 Å². The molecule has 1 aliphatic carbocycles. The van der Waals surface area contributed by atoms with Crippen LogP contribution in [0.5, 0.6) is 28.7 Å². The highest BCUT2D eigenvalue weighted by atomic mass is 16.6. The summed E-state index contributed by atoms with van der Waals surface area (Å²) in [5.41, 5.74) is -0.450. The molecule has 0 radical (unpaired) electrons. The Morgan fingerprint density at radius 2 is 1.52 bits per heavy atom. The number of ketones is 1. The number of carbonyl (C=O) groups is 7. The van der Waals surface area contributed by atoms with Crippen molar-refractivity contribution in [2.75, 3.05) is 19.7 Å². The Balaban J connectivity index is 1.78. The number of hydrogen-bond donors (Lipinski definition) is 9. The predicted molar refractivity (Wildman–Crippen MR) is 220 cm³/mol. The number of carbonyl (C=O) groups excluding carboxylic acids is 7. The summed E-state index contributed by atoms with van der Waals surface area (Å²) in [6.45, 7) is 15.3. The van der Waals surface area contributed by atoms with Gasteiger partial charge in [0.15, 0.2) is 28.8 Å². The van der Waals surface area contributed by atoms with Crippen molar-refractivity contribution in [2.45, 2.75) is 86.6 Å². The number of allylic oxidation sites excluding steroid dienone is 1. The van der Waals surface area contributed by atoms with Crippen LogP contribution in [0.15, 0.2) is 48.1 Å². The van der Waals surface area contributed by atoms with E-state index < -0.39 is 87.8 Å². The summed E-state index contributed by atoms with van der Waals surface area (Å²) in [7, 11) is 0. The first-order valence-corrected chi connectivity index (χ1v) is 19.2. The van der Waals surface area contributed by atoms with Crippen molar-refractivity contribution in [1.82, 2.24) is 26.6 Å². The molecule has 61 heavy (non-hydrogen) atoms. The van der Waals surface area contributed by atoms with Crippen LogP contribution in [0.3, 0.4) is 0 Å². The molecule has 9 N–H and O–H groups in total. The summed E-state index contributed by atoms with van der Waals surface area (Å²) >= 11 is 0. The molecule has 0 aliphatic heterocycles. The molecule has 5 amide bonds. The first-order chi connectivity index (χ1) is 28.4. The molecule has 1 saturated carbocycles. The standard InChI is InChI=1S/C42H54N6O13/c1-22(2)13-33(52)47-38(43)48-39(57)46-28-18-41(6,7)20-42(8,19-28)21-45-40(58)61-30-17-27(37(56)60-31-16-26(24(5)49)15-29(50)35(31)54)14-25(34(30)53)9-10-32(51)44-11-12-59-36(55)23(3)4/h13-17,28,50,53-54H,3,9-12,18-21H2,1-2,4-8H3,(H,44,51)(H,45,58)(H4,43,46,47,48,52,57). The second-order valence-electron chi connectivity index (χ2n) is 16.2. The Hall–Kier alpha value is -6.92. The zero-order chi connectivity index (χ0) is 45.8. The van der Waals surface area contributed by atoms with Crippen LogP contribution in [0.25, 0.3) is 0 Å². The molecule has 2 aromatic rings. The van der Waals surface area contributed by atoms with Crippen LogP contribution < -0.4 is 36.1 Å². The maximum atomic E-state index is 13.4. The number of benzene rings is 2. The molecule has 0 bridgehead atoms. The SMILES string of the molecule is C=C(C)C(=O)OCCNC(=O)CCc1cc(C(=O)Oc2cc(C(C)=O)cc(O)c2O)cc(OC(=O)NCC2(C)CC(NC(=O)NC(=N)NC(=O)C=C(C)C)CC(C)(C)C2)c1O. The molecule has 2 unspecified atom stereocenters. The molecule has 19 heteroatoms. The molecule has 19 nitrogen and oxygen atoms in total. The summed E-state index contributed by atoms with van der Waals surface area (Å²) in [6.07, 6.45) is 1.38. The number of guanidine groups is 1. The third-order valence-corrected chi connectivity index (χ3v) is 9.23. The van der Waals surface area contributed by atoms with E-state index in [2.05, 4.69) is 33.2 Å². The molecule has 2 aromatic carbocycles. The van der Waals surface area contributed by atoms with Gasteiger partial charge in [0.2, 0.25) is 17.6 Å². The van der Waals surface area contributed by atoms with Crippen LogP contribution in [0, 0.1) is 16.2 Å². The fourth-order valence-electron chi connectivity index (χ4n) is 6.96. The van der Waals surface area contributed by atoms with Gasteiger partial charge < -0.3 is 45.5 Å². The number of Topliss-reactive ketones (excluding diaryl/α,β-unsaturated/α-hetero) is 1. The van der Waals surface area contributed by atoms with Gasteiger partial charge in [-0.25, -0.2) is 19.2 Å². The van der Waals surface area contributed by atoms with Gasteiger partial charge in [-0.05, 0) is 94.0 Å². The van der Waals surface area contributed by atoms with Crippen molar-refractivity contribution in [3.05, 3.63) is 64.8 Å². The number of urea groups is 1. The number of phenols is 3. The minimum Gasteiger partial charge on any atom is -0.504 e. The first kappa shape index (κ1) is 48.4. The largest absolute Gasteiger partial charge is 0.504 e. The molecule has 330 valence electrons. The summed E-state index contributed by atoms with van der Waals surface area (Å²) in [4.78, 5) is 87.6. The van der Waals surface area contributed by atoms with Crippen molar-refractivity contribution in [2.24, 2.45) is 10.8 Å². The quantitative estimate of drug-likeness (QED) is 0.0176. The molecule has 1 aliphatic rings. The van der Waals surface area contributed by atoms with Gasteiger partial charge in [0.1, 0.15) is 6.61 Å². The number of nitrogens with one attached hydrogen (secondary N) is 6. The highest BCUT2D eigenvalue weighted by Gasteiger charge is 2.42. The number of rotatable bonds is 15. The van der Waals surface area contributed by atoms with Crippen molar-refractivity contribution >= 4 is 47.6 Å². The van der Waals surface area contributed by atoms with Gasteiger partial charge in [-0.1, -0.05) is 32.9 Å². The van der Waals surface area contributed by atoms with Gasteiger partial charge in [-0.3, -0.25) is 30.4 Å². The van der Waals surface area contributed by atoms with Crippen LogP contribution in [-0.2, 0) is 25.5 Å². The fourth-order valence-corrected chi connectivity index (χ4v) is 6.96. The maximum absolute atomic E-state index is 13.4. The average Bonchev–Trinajstić information content (AvgIpc) is 3.12. The molecule has 3 rings (SSSR count). The number of aromatic hydroxyl groups is 3. The molecular formula is C42H54N6O13. The summed E-state index contributed by atoms with van der Waals surface area (Å²) in [6, 6.07) is 3.08. The molecule has 0 saturated heterocycles. The van der Waals surface area contributed by atoms with E-state index in [-0.39, 0.29) is 60.2 Å². The van der Waals surface area contributed by atoms with Gasteiger partial charge >= 0.3 is 24.1 Å². The summed E-state index contributed by atoms with van der Waals surface area (Å²) in [5, 5.41) is 52.2. The van der Waals surface area contributed by atoms with Gasteiger partial charge in [0, 0.05) is 36.2 Å². The van der Waals surface area contributed by atoms with Crippen LogP contribution in [0.2, 0.25) is 0 Å². The number of phenolic OH excluding ortho intramolecular Hbond substituents is 3. The molecule has 0 aromatic heterocycles. The minimum atomic E-state index is -1.16. The second-order valence-corrected chi connectivity index (χ2v) is 16.2. The Kier molecular flexibility index (Phi) is 16.6. The van der Waals surface area contributed by atoms with Gasteiger partial charge in [0.05, 0.1) is 12.1 Å². The fraction of sp³-hybridized carbons (Fsp3) is 0.429. The molecule has 1 fully saturated rings. The number of amides is 5. The molecule has 0 spiro atoms.